The van der Waals surface area contributed by atoms with Crippen molar-refractivity contribution < 1.29 is 14.4 Å². The molecule has 2 fully saturated rings. The predicted molar refractivity (Wildman–Crippen MR) is 112 cm³/mol. The van der Waals surface area contributed by atoms with Crippen molar-refractivity contribution in [2.75, 3.05) is 13.1 Å². The molecule has 148 valence electrons. The van der Waals surface area contributed by atoms with Gasteiger partial charge < -0.3 is 4.90 Å². The van der Waals surface area contributed by atoms with Crippen molar-refractivity contribution in [2.45, 2.75) is 25.3 Å². The highest BCUT2D eigenvalue weighted by atomic mass is 32.2. The van der Waals surface area contributed by atoms with Gasteiger partial charge in [0.1, 0.15) is 6.54 Å². The summed E-state index contributed by atoms with van der Waals surface area (Å²) in [5.41, 5.74) is 1.83. The Morgan fingerprint density at radius 2 is 1.97 bits per heavy atom. The van der Waals surface area contributed by atoms with E-state index in [1.807, 2.05) is 42.5 Å². The van der Waals surface area contributed by atoms with Gasteiger partial charge in [-0.2, -0.15) is 0 Å². The van der Waals surface area contributed by atoms with E-state index in [1.54, 1.807) is 23.4 Å². The molecule has 7 heteroatoms. The molecule has 4 rings (SSSR count). The van der Waals surface area contributed by atoms with Gasteiger partial charge in [0.25, 0.3) is 11.1 Å². The molecule has 0 radical (unpaired) electrons. The van der Waals surface area contributed by atoms with Crippen LogP contribution < -0.4 is 0 Å². The zero-order valence-electron chi connectivity index (χ0n) is 15.9. The fraction of sp³-hybridized carbons (Fsp3) is 0.273. The Labute approximate surface area is 173 Å². The Kier molecular flexibility index (Phi) is 5.76. The van der Waals surface area contributed by atoms with Gasteiger partial charge in [0.15, 0.2) is 0 Å². The van der Waals surface area contributed by atoms with Gasteiger partial charge in [0, 0.05) is 18.9 Å². The quantitative estimate of drug-likeness (QED) is 0.720. The Morgan fingerprint density at radius 1 is 1.14 bits per heavy atom. The van der Waals surface area contributed by atoms with Gasteiger partial charge >= 0.3 is 0 Å². The van der Waals surface area contributed by atoms with Gasteiger partial charge in [-0.3, -0.25) is 24.3 Å². The summed E-state index contributed by atoms with van der Waals surface area (Å²) in [6.07, 6.45) is 7.97. The van der Waals surface area contributed by atoms with Gasteiger partial charge in [-0.25, -0.2) is 0 Å². The highest BCUT2D eigenvalue weighted by molar-refractivity contribution is 8.18. The third kappa shape index (κ3) is 4.24. The number of nitrogens with zero attached hydrogens (tertiary/aromatic N) is 3. The van der Waals surface area contributed by atoms with Crippen LogP contribution in [0.25, 0.3) is 6.08 Å². The summed E-state index contributed by atoms with van der Waals surface area (Å²) in [6.45, 7) is 0.391. The topological polar surface area (TPSA) is 70.6 Å². The van der Waals surface area contributed by atoms with Crippen LogP contribution in [0.4, 0.5) is 4.79 Å². The highest BCUT2D eigenvalue weighted by Crippen LogP contribution is 2.34. The van der Waals surface area contributed by atoms with E-state index in [-0.39, 0.29) is 18.5 Å². The molecule has 1 atom stereocenters. The standard InChI is InChI=1S/C22H21N3O3S/c26-20(24-12-5-4-10-18(24)17-9-6-11-23-14-17)15-25-21(27)19(29-22(25)28)13-16-7-2-1-3-8-16/h1-3,6-9,11,13-14,18H,4-5,10,12,15H2/t18-/m0/s1. The van der Waals surface area contributed by atoms with Crippen molar-refractivity contribution >= 4 is 34.9 Å². The second-order valence-electron chi connectivity index (χ2n) is 7.06. The van der Waals surface area contributed by atoms with Gasteiger partial charge in [-0.05, 0) is 54.3 Å². The Hall–Kier alpha value is -2.93. The van der Waals surface area contributed by atoms with Crippen LogP contribution in [0.2, 0.25) is 0 Å². The number of amides is 3. The zero-order chi connectivity index (χ0) is 20.2. The molecule has 2 aliphatic rings. The van der Waals surface area contributed by atoms with E-state index in [9.17, 15) is 14.4 Å². The number of pyridine rings is 1. The first-order valence-corrected chi connectivity index (χ1v) is 10.4. The Bertz CT molecular complexity index is 946. The summed E-state index contributed by atoms with van der Waals surface area (Å²) in [7, 11) is 0. The first kappa shape index (κ1) is 19.4. The minimum atomic E-state index is -0.410. The third-order valence-corrected chi connectivity index (χ3v) is 6.06. The summed E-state index contributed by atoms with van der Waals surface area (Å²) in [6, 6.07) is 13.1. The molecule has 0 saturated carbocycles. The lowest BCUT2D eigenvalue weighted by Gasteiger charge is -2.36. The molecular weight excluding hydrogens is 386 g/mol. The molecular formula is C22H21N3O3S. The summed E-state index contributed by atoms with van der Waals surface area (Å²) in [5, 5.41) is -0.402. The Morgan fingerprint density at radius 3 is 2.72 bits per heavy atom. The number of carbonyl (C=O) groups is 3. The average molecular weight is 407 g/mol. The number of likely N-dealkylation sites (tertiary alicyclic amines) is 1. The summed E-state index contributed by atoms with van der Waals surface area (Å²) in [5.74, 6) is -0.617. The first-order valence-electron chi connectivity index (χ1n) is 9.63. The zero-order valence-corrected chi connectivity index (χ0v) is 16.7. The van der Waals surface area contributed by atoms with Crippen LogP contribution in [0.1, 0.15) is 36.4 Å². The van der Waals surface area contributed by atoms with E-state index in [2.05, 4.69) is 4.98 Å². The second-order valence-corrected chi connectivity index (χ2v) is 8.06. The van der Waals surface area contributed by atoms with E-state index in [1.165, 1.54) is 0 Å². The number of hydrogen-bond donors (Lipinski definition) is 0. The van der Waals surface area contributed by atoms with E-state index in [4.69, 9.17) is 0 Å². The van der Waals surface area contributed by atoms with E-state index < -0.39 is 11.1 Å². The van der Waals surface area contributed by atoms with E-state index in [0.29, 0.717) is 11.4 Å². The lowest BCUT2D eigenvalue weighted by atomic mass is 9.96. The molecule has 0 spiro atoms. The van der Waals surface area contributed by atoms with Gasteiger partial charge in [-0.15, -0.1) is 0 Å². The van der Waals surface area contributed by atoms with Crippen LogP contribution in [0.5, 0.6) is 0 Å². The monoisotopic (exact) mass is 407 g/mol. The van der Waals surface area contributed by atoms with Gasteiger partial charge in [0.05, 0.1) is 10.9 Å². The number of aromatic nitrogens is 1. The molecule has 0 aliphatic carbocycles. The lowest BCUT2D eigenvalue weighted by Crippen LogP contribution is -2.45. The molecule has 0 bridgehead atoms. The van der Waals surface area contributed by atoms with Crippen LogP contribution in [-0.4, -0.2) is 44.9 Å². The number of thioether (sulfide) groups is 1. The summed E-state index contributed by atoms with van der Waals surface area (Å²) in [4.78, 5) is 45.5. The van der Waals surface area contributed by atoms with Gasteiger partial charge in [-0.1, -0.05) is 36.4 Å². The molecule has 0 unspecified atom stereocenters. The maximum Gasteiger partial charge on any atom is 0.294 e. The summed E-state index contributed by atoms with van der Waals surface area (Å²) < 4.78 is 0. The predicted octanol–water partition coefficient (Wildman–Crippen LogP) is 3.87. The SMILES string of the molecule is O=C1SC(=Cc2ccccc2)C(=O)N1CC(=O)N1CCCC[C@H]1c1cccnc1. The number of hydrogen-bond acceptors (Lipinski definition) is 5. The largest absolute Gasteiger partial charge is 0.334 e. The van der Waals surface area contributed by atoms with Crippen molar-refractivity contribution in [1.29, 1.82) is 0 Å². The smallest absolute Gasteiger partial charge is 0.294 e. The Balaban J connectivity index is 1.49. The first-order chi connectivity index (χ1) is 14.1. The van der Waals surface area contributed by atoms with Gasteiger partial charge in [0.2, 0.25) is 5.91 Å². The maximum atomic E-state index is 13.0. The normalized spacial score (nSPS) is 21.1. The third-order valence-electron chi connectivity index (χ3n) is 5.16. The number of benzene rings is 1. The minimum absolute atomic E-state index is 0.0651. The summed E-state index contributed by atoms with van der Waals surface area (Å²) >= 11 is 0.880. The van der Waals surface area contributed by atoms with Crippen molar-refractivity contribution in [3.05, 3.63) is 70.9 Å². The van der Waals surface area contributed by atoms with Crippen molar-refractivity contribution in [1.82, 2.24) is 14.8 Å². The van der Waals surface area contributed by atoms with Crippen LogP contribution >= 0.6 is 11.8 Å². The lowest BCUT2D eigenvalue weighted by molar-refractivity contribution is -0.138. The minimum Gasteiger partial charge on any atom is -0.334 e. The van der Waals surface area contributed by atoms with Crippen LogP contribution in [-0.2, 0) is 9.59 Å². The van der Waals surface area contributed by atoms with Crippen LogP contribution in [0.15, 0.2) is 59.8 Å². The molecule has 2 aromatic rings. The fourth-order valence-electron chi connectivity index (χ4n) is 3.71. The number of imide groups is 1. The molecule has 3 heterocycles. The van der Waals surface area contributed by atoms with Crippen LogP contribution in [0, 0.1) is 0 Å². The number of rotatable bonds is 4. The molecule has 3 amide bonds. The molecule has 2 aliphatic heterocycles. The molecule has 29 heavy (non-hydrogen) atoms. The van der Waals surface area contributed by atoms with Crippen molar-refractivity contribution in [3.63, 3.8) is 0 Å². The number of piperidine rings is 1. The maximum absolute atomic E-state index is 13.0. The number of carbonyl (C=O) groups excluding carboxylic acids is 3. The molecule has 2 saturated heterocycles. The average Bonchev–Trinajstić information content (AvgIpc) is 3.02. The molecule has 0 N–H and O–H groups in total. The molecule has 1 aromatic heterocycles. The van der Waals surface area contributed by atoms with Crippen molar-refractivity contribution in [3.8, 4) is 0 Å². The van der Waals surface area contributed by atoms with E-state index >= 15 is 0 Å². The van der Waals surface area contributed by atoms with Crippen molar-refractivity contribution in [2.24, 2.45) is 0 Å². The second kappa shape index (κ2) is 8.61. The molecule has 1 aromatic carbocycles. The fourth-order valence-corrected chi connectivity index (χ4v) is 4.55. The molecule has 6 nitrogen and oxygen atoms in total. The van der Waals surface area contributed by atoms with E-state index in [0.717, 1.165) is 47.1 Å². The highest BCUT2D eigenvalue weighted by Gasteiger charge is 2.38. The van der Waals surface area contributed by atoms with Crippen LogP contribution in [0.3, 0.4) is 0 Å².